The van der Waals surface area contributed by atoms with Crippen molar-refractivity contribution in [3.63, 3.8) is 0 Å². The Hall–Kier alpha value is -3.54. The first-order valence-electron chi connectivity index (χ1n) is 10.1. The summed E-state index contributed by atoms with van der Waals surface area (Å²) in [6.45, 7) is 5.88. The largest absolute Gasteiger partial charge is 0.384 e. The second kappa shape index (κ2) is 8.77. The number of nitrogens with zero attached hydrogens (tertiary/aromatic N) is 6. The van der Waals surface area contributed by atoms with Crippen LogP contribution in [0.15, 0.2) is 51.5 Å². The lowest BCUT2D eigenvalue weighted by molar-refractivity contribution is 0.334. The van der Waals surface area contributed by atoms with Crippen LogP contribution in [0.25, 0.3) is 5.69 Å². The number of sulfone groups is 1. The summed E-state index contributed by atoms with van der Waals surface area (Å²) >= 11 is 0. The van der Waals surface area contributed by atoms with E-state index in [0.29, 0.717) is 5.56 Å². The molecule has 33 heavy (non-hydrogen) atoms. The molecule has 0 fully saturated rings. The molecule has 0 radical (unpaired) electrons. The van der Waals surface area contributed by atoms with E-state index in [0.717, 1.165) is 16.5 Å². The van der Waals surface area contributed by atoms with E-state index < -0.39 is 26.1 Å². The molecule has 0 unspecified atom stereocenters. The number of hydrogen-bond donors (Lipinski definition) is 1. The number of hydrogen-bond acceptors (Lipinski definition) is 8. The van der Waals surface area contributed by atoms with E-state index >= 15 is 0 Å². The highest BCUT2D eigenvalue weighted by atomic mass is 32.2. The van der Waals surface area contributed by atoms with Crippen LogP contribution in [0.3, 0.4) is 0 Å². The van der Waals surface area contributed by atoms with E-state index in [9.17, 15) is 18.0 Å². The highest BCUT2D eigenvalue weighted by Crippen LogP contribution is 2.19. The molecule has 11 nitrogen and oxygen atoms in total. The monoisotopic (exact) mass is 473 g/mol. The molecule has 0 atom stereocenters. The maximum absolute atomic E-state index is 12.9. The fourth-order valence-electron chi connectivity index (χ4n) is 3.25. The van der Waals surface area contributed by atoms with Gasteiger partial charge in [0.05, 0.1) is 12.2 Å². The standard InChI is InChI=1S/C21H27N7O4S/c1-21(2,3)11-27-17(22)16(19(29)26(4)20(27)30)18(33(5,31)32)24-10-14-6-8-15(9-7-14)28-13-23-12-25-28/h6-9,12-13H,10-11,22H2,1-5H3. The minimum absolute atomic E-state index is 0.0129. The van der Waals surface area contributed by atoms with E-state index in [2.05, 4.69) is 15.1 Å². The van der Waals surface area contributed by atoms with Crippen molar-refractivity contribution < 1.29 is 8.42 Å². The SMILES string of the molecule is Cn1c(=O)c(C(=NCc2ccc(-n3cncn3)cc2)S(C)(=O)=O)c(N)n(CC(C)(C)C)c1=O. The highest BCUT2D eigenvalue weighted by Gasteiger charge is 2.27. The van der Waals surface area contributed by atoms with E-state index in [4.69, 9.17) is 5.73 Å². The molecular weight excluding hydrogens is 446 g/mol. The van der Waals surface area contributed by atoms with Gasteiger partial charge >= 0.3 is 5.69 Å². The molecule has 0 bridgehead atoms. The molecule has 0 saturated heterocycles. The first kappa shape index (κ1) is 24.1. The molecule has 1 aromatic carbocycles. The van der Waals surface area contributed by atoms with Gasteiger partial charge in [0.1, 0.15) is 24.0 Å². The fourth-order valence-corrected chi connectivity index (χ4v) is 4.11. The lowest BCUT2D eigenvalue weighted by atomic mass is 9.97. The van der Waals surface area contributed by atoms with Gasteiger partial charge in [0, 0.05) is 19.8 Å². The molecule has 0 aliphatic carbocycles. The van der Waals surface area contributed by atoms with Crippen LogP contribution in [-0.2, 0) is 30.0 Å². The Morgan fingerprint density at radius 1 is 1.15 bits per heavy atom. The molecule has 0 spiro atoms. The molecular formula is C21H27N7O4S. The summed E-state index contributed by atoms with van der Waals surface area (Å²) < 4.78 is 28.9. The number of nitrogen functional groups attached to an aromatic ring is 1. The van der Waals surface area contributed by atoms with Crippen molar-refractivity contribution in [3.05, 3.63) is 68.9 Å². The highest BCUT2D eigenvalue weighted by molar-refractivity contribution is 8.06. The third-order valence-electron chi connectivity index (χ3n) is 4.81. The van der Waals surface area contributed by atoms with Crippen LogP contribution < -0.4 is 17.0 Å². The van der Waals surface area contributed by atoms with Crippen molar-refractivity contribution in [2.45, 2.75) is 33.9 Å². The Kier molecular flexibility index (Phi) is 6.41. The summed E-state index contributed by atoms with van der Waals surface area (Å²) in [4.78, 5) is 33.7. The van der Waals surface area contributed by atoms with E-state index in [1.54, 1.807) is 35.3 Å². The second-order valence-corrected chi connectivity index (χ2v) is 10.9. The van der Waals surface area contributed by atoms with E-state index in [1.807, 2.05) is 20.8 Å². The topological polar surface area (TPSA) is 147 Å². The van der Waals surface area contributed by atoms with Gasteiger partial charge in [-0.25, -0.2) is 22.9 Å². The summed E-state index contributed by atoms with van der Waals surface area (Å²) in [6, 6.07) is 7.11. The molecule has 0 aliphatic rings. The minimum atomic E-state index is -3.95. The smallest absolute Gasteiger partial charge is 0.332 e. The molecule has 2 N–H and O–H groups in total. The number of aromatic nitrogens is 5. The first-order chi connectivity index (χ1) is 15.3. The average Bonchev–Trinajstić information content (AvgIpc) is 3.26. The zero-order valence-electron chi connectivity index (χ0n) is 19.2. The Bertz CT molecular complexity index is 1410. The lowest BCUT2D eigenvalue weighted by Gasteiger charge is -2.23. The molecule has 0 aliphatic heterocycles. The molecule has 3 rings (SSSR count). The maximum Gasteiger partial charge on any atom is 0.332 e. The van der Waals surface area contributed by atoms with Crippen LogP contribution in [0.4, 0.5) is 5.82 Å². The first-order valence-corrected chi connectivity index (χ1v) is 12.0. The minimum Gasteiger partial charge on any atom is -0.384 e. The van der Waals surface area contributed by atoms with Crippen LogP contribution >= 0.6 is 0 Å². The van der Waals surface area contributed by atoms with Gasteiger partial charge in [-0.05, 0) is 23.1 Å². The van der Waals surface area contributed by atoms with Crippen molar-refractivity contribution in [1.82, 2.24) is 23.9 Å². The Morgan fingerprint density at radius 3 is 2.30 bits per heavy atom. The zero-order chi connectivity index (χ0) is 24.6. The summed E-state index contributed by atoms with van der Waals surface area (Å²) in [5, 5.41) is 3.60. The van der Waals surface area contributed by atoms with Crippen molar-refractivity contribution in [2.75, 3.05) is 12.0 Å². The van der Waals surface area contributed by atoms with Crippen molar-refractivity contribution in [2.24, 2.45) is 17.5 Å². The van der Waals surface area contributed by atoms with Crippen molar-refractivity contribution >= 4 is 20.7 Å². The van der Waals surface area contributed by atoms with Crippen LogP contribution in [0.5, 0.6) is 0 Å². The van der Waals surface area contributed by atoms with Gasteiger partial charge < -0.3 is 5.73 Å². The zero-order valence-corrected chi connectivity index (χ0v) is 20.0. The summed E-state index contributed by atoms with van der Waals surface area (Å²) in [5.74, 6) is -0.219. The maximum atomic E-state index is 12.9. The van der Waals surface area contributed by atoms with Crippen LogP contribution in [-0.4, -0.2) is 43.6 Å². The number of rotatable bonds is 5. The predicted molar refractivity (Wildman–Crippen MR) is 126 cm³/mol. The lowest BCUT2D eigenvalue weighted by Crippen LogP contribution is -2.45. The molecule has 0 amide bonds. The van der Waals surface area contributed by atoms with Crippen LogP contribution in [0, 0.1) is 5.41 Å². The summed E-state index contributed by atoms with van der Waals surface area (Å²) in [6.07, 6.45) is 3.93. The van der Waals surface area contributed by atoms with Crippen LogP contribution in [0.2, 0.25) is 0 Å². The van der Waals surface area contributed by atoms with Gasteiger partial charge in [-0.2, -0.15) is 5.10 Å². The quantitative estimate of drug-likeness (QED) is 0.425. The van der Waals surface area contributed by atoms with Gasteiger partial charge in [0.2, 0.25) is 0 Å². The number of aliphatic imine (C=N–C) groups is 1. The molecule has 0 saturated carbocycles. The molecule has 176 valence electrons. The van der Waals surface area contributed by atoms with Crippen molar-refractivity contribution in [3.8, 4) is 5.69 Å². The predicted octanol–water partition coefficient (Wildman–Crippen LogP) is 0.747. The van der Waals surface area contributed by atoms with E-state index in [1.165, 1.54) is 17.9 Å². The van der Waals surface area contributed by atoms with Crippen LogP contribution in [0.1, 0.15) is 31.9 Å². The Balaban J connectivity index is 2.10. The fraction of sp³-hybridized carbons (Fsp3) is 0.381. The molecule has 2 aromatic heterocycles. The number of benzene rings is 1. The Morgan fingerprint density at radius 2 is 1.79 bits per heavy atom. The van der Waals surface area contributed by atoms with Gasteiger partial charge in [0.15, 0.2) is 14.9 Å². The Labute approximate surface area is 191 Å². The third-order valence-corrected chi connectivity index (χ3v) is 5.84. The molecule has 12 heteroatoms. The van der Waals surface area contributed by atoms with Gasteiger partial charge in [0.25, 0.3) is 5.56 Å². The van der Waals surface area contributed by atoms with Gasteiger partial charge in [-0.15, -0.1) is 0 Å². The second-order valence-electron chi connectivity index (χ2n) is 8.95. The number of anilines is 1. The average molecular weight is 474 g/mol. The van der Waals surface area contributed by atoms with Gasteiger partial charge in [-0.3, -0.25) is 18.9 Å². The summed E-state index contributed by atoms with van der Waals surface area (Å²) in [5.41, 5.74) is 5.59. The summed E-state index contributed by atoms with van der Waals surface area (Å²) in [7, 11) is -2.66. The van der Waals surface area contributed by atoms with Gasteiger partial charge in [-0.1, -0.05) is 32.9 Å². The normalized spacial score (nSPS) is 12.8. The number of nitrogens with two attached hydrogens (primary N) is 1. The molecule has 2 heterocycles. The molecule has 3 aromatic rings. The van der Waals surface area contributed by atoms with E-state index in [-0.39, 0.29) is 29.9 Å². The third kappa shape index (κ3) is 5.28. The van der Waals surface area contributed by atoms with Crippen molar-refractivity contribution in [1.29, 1.82) is 0 Å².